The van der Waals surface area contributed by atoms with Crippen molar-refractivity contribution in [3.8, 4) is 22.4 Å². The number of benzene rings is 4. The van der Waals surface area contributed by atoms with Crippen LogP contribution in [0.3, 0.4) is 0 Å². The standard InChI is InChI=1S/C27H21NO/c1-18-15-19(2)17-22(16-18)24-12-11-20-7-3-5-9-23(20)26(24)27-25-10-6-4-8-21(25)13-14-28(27)29/h3-17H,1-2H3. The molecule has 29 heavy (non-hydrogen) atoms. The summed E-state index contributed by atoms with van der Waals surface area (Å²) in [5.74, 6) is 0. The first-order valence-corrected chi connectivity index (χ1v) is 9.83. The molecule has 0 aliphatic rings. The molecule has 5 aromatic rings. The Balaban J connectivity index is 1.97. The van der Waals surface area contributed by atoms with E-state index in [1.54, 1.807) is 6.20 Å². The number of aryl methyl sites for hydroxylation is 2. The van der Waals surface area contributed by atoms with E-state index in [1.807, 2.05) is 36.4 Å². The van der Waals surface area contributed by atoms with E-state index in [4.69, 9.17) is 0 Å². The minimum absolute atomic E-state index is 0.703. The van der Waals surface area contributed by atoms with Gasteiger partial charge in [0.15, 0.2) is 6.20 Å². The second kappa shape index (κ2) is 6.75. The zero-order valence-corrected chi connectivity index (χ0v) is 16.5. The van der Waals surface area contributed by atoms with Gasteiger partial charge in [0.1, 0.15) is 0 Å². The SMILES string of the molecule is Cc1cc(C)cc(-c2ccc3ccccc3c2-c2c3ccccc3cc[n+]2[O-])c1. The smallest absolute Gasteiger partial charge is 0.232 e. The molecule has 0 saturated carbocycles. The number of hydrogen-bond donors (Lipinski definition) is 0. The fourth-order valence-electron chi connectivity index (χ4n) is 4.34. The number of hydrogen-bond acceptors (Lipinski definition) is 1. The molecule has 0 unspecified atom stereocenters. The van der Waals surface area contributed by atoms with Gasteiger partial charge in [0.25, 0.3) is 0 Å². The first-order valence-electron chi connectivity index (χ1n) is 9.83. The molecular weight excluding hydrogens is 354 g/mol. The van der Waals surface area contributed by atoms with E-state index in [0.717, 1.165) is 43.0 Å². The molecule has 0 spiro atoms. The molecule has 4 aromatic carbocycles. The Kier molecular flexibility index (Phi) is 4.06. The minimum Gasteiger partial charge on any atom is -0.618 e. The molecular formula is C27H21NO. The molecule has 0 fully saturated rings. The zero-order valence-electron chi connectivity index (χ0n) is 16.5. The first kappa shape index (κ1) is 17.4. The number of fused-ring (bicyclic) bond motifs is 2. The predicted octanol–water partition coefficient (Wildman–Crippen LogP) is 6.58. The van der Waals surface area contributed by atoms with E-state index in [-0.39, 0.29) is 0 Å². The van der Waals surface area contributed by atoms with Gasteiger partial charge in [0.2, 0.25) is 5.69 Å². The second-order valence-electron chi connectivity index (χ2n) is 7.66. The highest BCUT2D eigenvalue weighted by molar-refractivity contribution is 6.08. The summed E-state index contributed by atoms with van der Waals surface area (Å²) in [6, 6.07) is 29.1. The van der Waals surface area contributed by atoms with Gasteiger partial charge in [-0.3, -0.25) is 0 Å². The molecule has 1 aromatic heterocycles. The van der Waals surface area contributed by atoms with Crippen LogP contribution in [0, 0.1) is 19.1 Å². The molecule has 0 bridgehead atoms. The van der Waals surface area contributed by atoms with Crippen LogP contribution in [0.25, 0.3) is 43.9 Å². The van der Waals surface area contributed by atoms with Gasteiger partial charge >= 0.3 is 0 Å². The van der Waals surface area contributed by atoms with Crippen molar-refractivity contribution >= 4 is 21.5 Å². The van der Waals surface area contributed by atoms with Gasteiger partial charge in [-0.05, 0) is 47.2 Å². The summed E-state index contributed by atoms with van der Waals surface area (Å²) in [6.45, 7) is 4.23. The lowest BCUT2D eigenvalue weighted by molar-refractivity contribution is -0.592. The van der Waals surface area contributed by atoms with Crippen LogP contribution in [0.5, 0.6) is 0 Å². The molecule has 0 amide bonds. The van der Waals surface area contributed by atoms with E-state index in [0.29, 0.717) is 5.69 Å². The molecule has 2 nitrogen and oxygen atoms in total. The monoisotopic (exact) mass is 375 g/mol. The average Bonchev–Trinajstić information content (AvgIpc) is 2.72. The predicted molar refractivity (Wildman–Crippen MR) is 121 cm³/mol. The van der Waals surface area contributed by atoms with Crippen molar-refractivity contribution in [3.05, 3.63) is 107 Å². The molecule has 1 heterocycles. The Bertz CT molecular complexity index is 1360. The summed E-state index contributed by atoms with van der Waals surface area (Å²) >= 11 is 0. The highest BCUT2D eigenvalue weighted by Gasteiger charge is 2.21. The highest BCUT2D eigenvalue weighted by Crippen LogP contribution is 2.39. The van der Waals surface area contributed by atoms with Crippen LogP contribution >= 0.6 is 0 Å². The third-order valence-electron chi connectivity index (χ3n) is 5.52. The molecule has 0 aliphatic heterocycles. The van der Waals surface area contributed by atoms with Crippen LogP contribution in [0.4, 0.5) is 0 Å². The summed E-state index contributed by atoms with van der Waals surface area (Å²) < 4.78 is 1.01. The lowest BCUT2D eigenvalue weighted by atomic mass is 9.89. The average molecular weight is 375 g/mol. The topological polar surface area (TPSA) is 26.9 Å². The van der Waals surface area contributed by atoms with Gasteiger partial charge in [0.05, 0.1) is 10.9 Å². The molecule has 140 valence electrons. The van der Waals surface area contributed by atoms with Crippen LogP contribution in [-0.2, 0) is 0 Å². The Hall–Kier alpha value is -3.65. The summed E-state index contributed by atoms with van der Waals surface area (Å²) in [4.78, 5) is 0. The van der Waals surface area contributed by atoms with Crippen molar-refractivity contribution in [3.63, 3.8) is 0 Å². The molecule has 5 rings (SSSR count). The van der Waals surface area contributed by atoms with Crippen LogP contribution in [-0.4, -0.2) is 0 Å². The summed E-state index contributed by atoms with van der Waals surface area (Å²) in [5, 5.41) is 17.4. The second-order valence-corrected chi connectivity index (χ2v) is 7.66. The van der Waals surface area contributed by atoms with Crippen LogP contribution in [0.1, 0.15) is 11.1 Å². The largest absolute Gasteiger partial charge is 0.618 e. The molecule has 0 saturated heterocycles. The van der Waals surface area contributed by atoms with E-state index in [1.165, 1.54) is 11.1 Å². The quantitative estimate of drug-likeness (QED) is 0.253. The maximum atomic E-state index is 13.1. The van der Waals surface area contributed by atoms with E-state index < -0.39 is 0 Å². The Labute approximate surface area is 170 Å². The molecule has 0 aliphatic carbocycles. The zero-order chi connectivity index (χ0) is 20.0. The first-order chi connectivity index (χ1) is 14.1. The van der Waals surface area contributed by atoms with Gasteiger partial charge in [-0.2, -0.15) is 4.73 Å². The third-order valence-corrected chi connectivity index (χ3v) is 5.52. The number of pyridine rings is 1. The van der Waals surface area contributed by atoms with Crippen LogP contribution in [0.2, 0.25) is 0 Å². The van der Waals surface area contributed by atoms with Crippen molar-refractivity contribution in [2.24, 2.45) is 0 Å². The molecule has 2 heteroatoms. The third kappa shape index (κ3) is 2.94. The fraction of sp³-hybridized carbons (Fsp3) is 0.0741. The number of rotatable bonds is 2. The molecule has 0 atom stereocenters. The van der Waals surface area contributed by atoms with Crippen molar-refractivity contribution in [1.82, 2.24) is 0 Å². The Morgan fingerprint density at radius 1 is 0.655 bits per heavy atom. The van der Waals surface area contributed by atoms with Gasteiger partial charge in [-0.25, -0.2) is 0 Å². The van der Waals surface area contributed by atoms with Crippen molar-refractivity contribution in [1.29, 1.82) is 0 Å². The summed E-state index contributed by atoms with van der Waals surface area (Å²) in [5.41, 5.74) is 6.33. The van der Waals surface area contributed by atoms with E-state index in [9.17, 15) is 5.21 Å². The highest BCUT2D eigenvalue weighted by atomic mass is 16.5. The Morgan fingerprint density at radius 2 is 1.28 bits per heavy atom. The van der Waals surface area contributed by atoms with Gasteiger partial charge in [-0.15, -0.1) is 0 Å². The van der Waals surface area contributed by atoms with E-state index in [2.05, 4.69) is 62.4 Å². The van der Waals surface area contributed by atoms with Crippen LogP contribution < -0.4 is 4.73 Å². The maximum absolute atomic E-state index is 13.1. The summed E-state index contributed by atoms with van der Waals surface area (Å²) in [7, 11) is 0. The maximum Gasteiger partial charge on any atom is 0.232 e. The van der Waals surface area contributed by atoms with Crippen molar-refractivity contribution in [2.75, 3.05) is 0 Å². The molecule has 0 radical (unpaired) electrons. The minimum atomic E-state index is 0.703. The Morgan fingerprint density at radius 3 is 2.00 bits per heavy atom. The molecule has 0 N–H and O–H groups in total. The van der Waals surface area contributed by atoms with Gasteiger partial charge in [0, 0.05) is 6.07 Å². The fourth-order valence-corrected chi connectivity index (χ4v) is 4.34. The number of nitrogens with zero attached hydrogens (tertiary/aromatic N) is 1. The van der Waals surface area contributed by atoms with Crippen molar-refractivity contribution < 1.29 is 4.73 Å². The van der Waals surface area contributed by atoms with Crippen molar-refractivity contribution in [2.45, 2.75) is 13.8 Å². The normalized spacial score (nSPS) is 11.2. The number of aromatic nitrogens is 1. The van der Waals surface area contributed by atoms with E-state index >= 15 is 0 Å². The summed E-state index contributed by atoms with van der Waals surface area (Å²) in [6.07, 6.45) is 1.62. The van der Waals surface area contributed by atoms with Gasteiger partial charge < -0.3 is 5.21 Å². The lowest BCUT2D eigenvalue weighted by Crippen LogP contribution is -2.28. The van der Waals surface area contributed by atoms with Crippen LogP contribution in [0.15, 0.2) is 91.1 Å². The lowest BCUT2D eigenvalue weighted by Gasteiger charge is -2.16. The van der Waals surface area contributed by atoms with Gasteiger partial charge in [-0.1, -0.05) is 83.9 Å².